The lowest BCUT2D eigenvalue weighted by molar-refractivity contribution is -0.170. The van der Waals surface area contributed by atoms with Crippen LogP contribution < -0.4 is 15.0 Å². The van der Waals surface area contributed by atoms with Gasteiger partial charge in [0.1, 0.15) is 5.75 Å². The van der Waals surface area contributed by atoms with Crippen LogP contribution in [0, 0.1) is 6.92 Å². The third-order valence-electron chi connectivity index (χ3n) is 7.60. The smallest absolute Gasteiger partial charge is 0.412 e. The first-order valence-corrected chi connectivity index (χ1v) is 15.0. The number of piperidine rings is 1. The molecule has 1 unspecified atom stereocenters. The van der Waals surface area contributed by atoms with Gasteiger partial charge in [-0.25, -0.2) is 9.59 Å². The number of carbonyl (C=O) groups excluding carboxylic acids is 6. The molecular formula is C31H44N4O9. The fourth-order valence-electron chi connectivity index (χ4n) is 5.38. The number of ether oxygens (including phenoxy) is 3. The molecule has 2 aliphatic heterocycles. The average Bonchev–Trinajstić information content (AvgIpc) is 2.94. The van der Waals surface area contributed by atoms with Crippen LogP contribution in [-0.2, 0) is 28.7 Å². The predicted molar refractivity (Wildman–Crippen MR) is 160 cm³/mol. The summed E-state index contributed by atoms with van der Waals surface area (Å²) in [6.45, 7) is 14.1. The van der Waals surface area contributed by atoms with Gasteiger partial charge in [0.15, 0.2) is 5.60 Å². The molecule has 1 fully saturated rings. The minimum atomic E-state index is -1.26. The highest BCUT2D eigenvalue weighted by atomic mass is 16.7. The van der Waals surface area contributed by atoms with E-state index < -0.39 is 29.7 Å². The molecule has 0 spiro atoms. The first-order valence-electron chi connectivity index (χ1n) is 15.0. The summed E-state index contributed by atoms with van der Waals surface area (Å²) in [6.07, 6.45) is -0.399. The second-order valence-corrected chi connectivity index (χ2v) is 11.9. The van der Waals surface area contributed by atoms with E-state index >= 15 is 0 Å². The van der Waals surface area contributed by atoms with E-state index in [0.717, 1.165) is 6.92 Å². The van der Waals surface area contributed by atoms with E-state index in [0.29, 0.717) is 48.4 Å². The van der Waals surface area contributed by atoms with Gasteiger partial charge in [-0.2, -0.15) is 0 Å². The maximum Gasteiger partial charge on any atom is 0.412 e. The molecule has 1 aromatic carbocycles. The maximum absolute atomic E-state index is 14.2. The standard InChI is InChI=1S/C31H44N4O9/c1-9-26(37)32-12-14-34-24-16-23(19(4)15-25(24)44-31(7,8)29(34)40)27(38)35(18(2)3)22-11-10-13-33(17-22)30(41)43-21(6)42-28(39)20(5)36/h15-16,18,21-22H,9-14,17H2,1-8H3,(H,32,37)/t21?,22-/m1/s1. The quantitative estimate of drug-likeness (QED) is 0.238. The van der Waals surface area contributed by atoms with Gasteiger partial charge in [0, 0.05) is 58.1 Å². The van der Waals surface area contributed by atoms with Crippen molar-refractivity contribution in [3.05, 3.63) is 23.3 Å². The molecule has 2 atom stereocenters. The van der Waals surface area contributed by atoms with Gasteiger partial charge in [0.25, 0.3) is 11.8 Å². The SMILES string of the molecule is CCC(=O)NCCN1C(=O)C(C)(C)Oc2cc(C)c(C(=O)N(C(C)C)[C@@H]3CCCN(C(=O)OC(C)OC(=O)C(C)=O)C3)cc21. The molecule has 4 amide bonds. The molecule has 2 aliphatic rings. The Bertz CT molecular complexity index is 1310. The number of likely N-dealkylation sites (tertiary alicyclic amines) is 1. The van der Waals surface area contributed by atoms with Crippen molar-refractivity contribution in [2.45, 2.75) is 98.6 Å². The molecule has 44 heavy (non-hydrogen) atoms. The van der Waals surface area contributed by atoms with Crippen LogP contribution >= 0.6 is 0 Å². The highest BCUT2D eigenvalue weighted by Gasteiger charge is 2.42. The Morgan fingerprint density at radius 2 is 1.82 bits per heavy atom. The molecule has 3 rings (SSSR count). The zero-order chi connectivity index (χ0) is 32.9. The van der Waals surface area contributed by atoms with Crippen molar-refractivity contribution in [1.29, 1.82) is 0 Å². The van der Waals surface area contributed by atoms with E-state index in [2.05, 4.69) is 5.32 Å². The lowest BCUT2D eigenvalue weighted by Gasteiger charge is -2.42. The zero-order valence-corrected chi connectivity index (χ0v) is 26.9. The van der Waals surface area contributed by atoms with Crippen molar-refractivity contribution in [3.8, 4) is 5.75 Å². The average molecular weight is 617 g/mol. The van der Waals surface area contributed by atoms with E-state index in [1.165, 1.54) is 11.8 Å². The van der Waals surface area contributed by atoms with E-state index in [9.17, 15) is 28.8 Å². The van der Waals surface area contributed by atoms with E-state index in [-0.39, 0.29) is 49.4 Å². The Labute approximate surface area is 258 Å². The second-order valence-electron chi connectivity index (χ2n) is 11.9. The number of esters is 1. The van der Waals surface area contributed by atoms with E-state index in [4.69, 9.17) is 14.2 Å². The molecule has 1 saturated heterocycles. The van der Waals surface area contributed by atoms with E-state index in [1.54, 1.807) is 49.6 Å². The highest BCUT2D eigenvalue weighted by Crippen LogP contribution is 2.40. The maximum atomic E-state index is 14.2. The van der Waals surface area contributed by atoms with Crippen LogP contribution in [0.3, 0.4) is 0 Å². The van der Waals surface area contributed by atoms with Crippen LogP contribution in [0.25, 0.3) is 0 Å². The van der Waals surface area contributed by atoms with Crippen LogP contribution in [-0.4, -0.2) is 95.5 Å². The van der Waals surface area contributed by atoms with Crippen molar-refractivity contribution in [1.82, 2.24) is 15.1 Å². The van der Waals surface area contributed by atoms with Gasteiger partial charge in [-0.05, 0) is 65.2 Å². The monoisotopic (exact) mass is 616 g/mol. The highest BCUT2D eigenvalue weighted by molar-refractivity contribution is 6.32. The molecule has 242 valence electrons. The molecule has 13 heteroatoms. The largest absolute Gasteiger partial charge is 0.476 e. The van der Waals surface area contributed by atoms with Crippen molar-refractivity contribution >= 4 is 41.3 Å². The number of Topliss-reactive ketones (excluding diaryl/α,β-unsaturated/α-hetero) is 1. The van der Waals surface area contributed by atoms with Crippen LogP contribution in [0.2, 0.25) is 0 Å². The Morgan fingerprint density at radius 1 is 1.14 bits per heavy atom. The van der Waals surface area contributed by atoms with Gasteiger partial charge in [0.05, 0.1) is 11.7 Å². The lowest BCUT2D eigenvalue weighted by Crippen LogP contribution is -2.55. The Kier molecular flexibility index (Phi) is 11.0. The Hall–Kier alpha value is -4.16. The second kappa shape index (κ2) is 14.1. The van der Waals surface area contributed by atoms with Crippen LogP contribution in [0.15, 0.2) is 12.1 Å². The molecule has 2 heterocycles. The first kappa shape index (κ1) is 34.3. The number of ketones is 1. The van der Waals surface area contributed by atoms with Gasteiger partial charge in [-0.3, -0.25) is 19.2 Å². The number of nitrogens with zero attached hydrogens (tertiary/aromatic N) is 3. The molecule has 0 saturated carbocycles. The fraction of sp³-hybridized carbons (Fsp3) is 0.613. The van der Waals surface area contributed by atoms with Crippen LogP contribution in [0.4, 0.5) is 10.5 Å². The van der Waals surface area contributed by atoms with Crippen molar-refractivity contribution in [2.75, 3.05) is 31.1 Å². The van der Waals surface area contributed by atoms with Gasteiger partial charge >= 0.3 is 12.1 Å². The van der Waals surface area contributed by atoms with Crippen LogP contribution in [0.1, 0.15) is 83.7 Å². The number of fused-ring (bicyclic) bond motifs is 1. The number of hydrogen-bond acceptors (Lipinski definition) is 9. The molecule has 0 bridgehead atoms. The molecule has 1 N–H and O–H groups in total. The summed E-state index contributed by atoms with van der Waals surface area (Å²) in [4.78, 5) is 79.7. The number of benzene rings is 1. The van der Waals surface area contributed by atoms with E-state index in [1.807, 2.05) is 13.8 Å². The summed E-state index contributed by atoms with van der Waals surface area (Å²) in [7, 11) is 0. The number of aryl methyl sites for hydroxylation is 1. The number of hydrogen-bond donors (Lipinski definition) is 1. The first-order chi connectivity index (χ1) is 20.6. The molecule has 0 aromatic heterocycles. The van der Waals surface area contributed by atoms with Crippen LogP contribution in [0.5, 0.6) is 5.75 Å². The van der Waals surface area contributed by atoms with Gasteiger partial charge < -0.3 is 34.2 Å². The molecule has 0 aliphatic carbocycles. The zero-order valence-electron chi connectivity index (χ0n) is 26.9. The van der Waals surface area contributed by atoms with Gasteiger partial charge in [-0.1, -0.05) is 6.92 Å². The summed E-state index contributed by atoms with van der Waals surface area (Å²) >= 11 is 0. The predicted octanol–water partition coefficient (Wildman–Crippen LogP) is 2.96. The Morgan fingerprint density at radius 3 is 2.43 bits per heavy atom. The third-order valence-corrected chi connectivity index (χ3v) is 7.60. The van der Waals surface area contributed by atoms with Gasteiger partial charge in [-0.15, -0.1) is 0 Å². The third kappa shape index (κ3) is 7.86. The minimum Gasteiger partial charge on any atom is -0.476 e. The number of carbonyl (C=O) groups is 6. The van der Waals surface area contributed by atoms with Crippen molar-refractivity contribution < 1.29 is 43.0 Å². The fourth-order valence-corrected chi connectivity index (χ4v) is 5.38. The number of amides is 4. The summed E-state index contributed by atoms with van der Waals surface area (Å²) in [5.41, 5.74) is 0.365. The summed E-state index contributed by atoms with van der Waals surface area (Å²) < 4.78 is 16.1. The number of anilines is 1. The van der Waals surface area contributed by atoms with Crippen molar-refractivity contribution in [3.63, 3.8) is 0 Å². The minimum absolute atomic E-state index is 0.130. The van der Waals surface area contributed by atoms with Gasteiger partial charge in [0.2, 0.25) is 18.0 Å². The number of rotatable bonds is 10. The normalized spacial score (nSPS) is 18.1. The number of nitrogens with one attached hydrogen (secondary N) is 1. The summed E-state index contributed by atoms with van der Waals surface area (Å²) in [5, 5.41) is 2.79. The molecule has 13 nitrogen and oxygen atoms in total. The summed E-state index contributed by atoms with van der Waals surface area (Å²) in [6, 6.07) is 2.84. The Balaban J connectivity index is 1.85. The summed E-state index contributed by atoms with van der Waals surface area (Å²) in [5.74, 6) is -2.12. The topological polar surface area (TPSA) is 152 Å². The molecule has 0 radical (unpaired) electrons. The lowest BCUT2D eigenvalue weighted by atomic mass is 9.97. The van der Waals surface area contributed by atoms with Crippen molar-refractivity contribution in [2.24, 2.45) is 0 Å². The molecular weight excluding hydrogens is 572 g/mol. The molecule has 1 aromatic rings.